The summed E-state index contributed by atoms with van der Waals surface area (Å²) in [7, 11) is 3.22. The smallest absolute Gasteiger partial charge is 0.141 e. The van der Waals surface area contributed by atoms with Gasteiger partial charge in [0.15, 0.2) is 0 Å². The molecule has 0 radical (unpaired) electrons. The van der Waals surface area contributed by atoms with E-state index in [0.29, 0.717) is 23.1 Å². The first-order chi connectivity index (χ1) is 14.1. The molecule has 0 bridgehead atoms. The predicted molar refractivity (Wildman–Crippen MR) is 124 cm³/mol. The molecule has 1 saturated heterocycles. The van der Waals surface area contributed by atoms with E-state index in [4.69, 9.17) is 31.8 Å². The fourth-order valence-corrected chi connectivity index (χ4v) is 4.01. The summed E-state index contributed by atoms with van der Waals surface area (Å²) in [5.74, 6) is 1.25. The Morgan fingerprint density at radius 3 is 2.47 bits per heavy atom. The predicted octanol–water partition coefficient (Wildman–Crippen LogP) is 3.17. The molecule has 1 aromatic carbocycles. The van der Waals surface area contributed by atoms with Gasteiger partial charge in [-0.25, -0.2) is 4.98 Å². The Balaban J connectivity index is 0.00000256. The van der Waals surface area contributed by atoms with Crippen molar-refractivity contribution in [1.29, 1.82) is 0 Å². The topological polar surface area (TPSA) is 68.3 Å². The molecule has 3 heterocycles. The Hall–Kier alpha value is -2.19. The first-order valence-electron chi connectivity index (χ1n) is 9.71. The molecular weight excluding hydrogens is 425 g/mol. The molecule has 4 rings (SSSR count). The van der Waals surface area contributed by atoms with Gasteiger partial charge in [0.2, 0.25) is 0 Å². The molecule has 0 unspecified atom stereocenters. The minimum atomic E-state index is 0. The molecule has 162 valence electrons. The van der Waals surface area contributed by atoms with E-state index in [-0.39, 0.29) is 12.4 Å². The third-order valence-electron chi connectivity index (χ3n) is 5.38. The number of nitrogens with zero attached hydrogens (tertiary/aromatic N) is 4. The number of methoxy groups -OCH3 is 2. The molecular formula is C21H27Cl2N5O2. The van der Waals surface area contributed by atoms with Crippen molar-refractivity contribution in [3.63, 3.8) is 0 Å². The number of rotatable bonds is 6. The van der Waals surface area contributed by atoms with Crippen molar-refractivity contribution in [3.05, 3.63) is 41.7 Å². The van der Waals surface area contributed by atoms with Gasteiger partial charge >= 0.3 is 0 Å². The van der Waals surface area contributed by atoms with Crippen LogP contribution in [0, 0.1) is 0 Å². The molecule has 30 heavy (non-hydrogen) atoms. The van der Waals surface area contributed by atoms with Crippen molar-refractivity contribution in [3.8, 4) is 22.8 Å². The quantitative estimate of drug-likeness (QED) is 0.620. The highest BCUT2D eigenvalue weighted by Gasteiger charge is 2.18. The minimum Gasteiger partial charge on any atom is -0.496 e. The van der Waals surface area contributed by atoms with Crippen LogP contribution in [0.4, 0.5) is 5.69 Å². The number of hydrogen-bond donors (Lipinski definition) is 1. The van der Waals surface area contributed by atoms with Crippen LogP contribution in [0.2, 0.25) is 5.02 Å². The Morgan fingerprint density at radius 2 is 1.80 bits per heavy atom. The minimum absolute atomic E-state index is 0. The zero-order valence-corrected chi connectivity index (χ0v) is 18.7. The van der Waals surface area contributed by atoms with E-state index < -0.39 is 0 Å². The Bertz CT molecular complexity index is 1000. The van der Waals surface area contributed by atoms with Gasteiger partial charge in [0.25, 0.3) is 0 Å². The van der Waals surface area contributed by atoms with Crippen molar-refractivity contribution < 1.29 is 9.47 Å². The lowest BCUT2D eigenvalue weighted by Crippen LogP contribution is -2.47. The first kappa shape index (κ1) is 22.5. The van der Waals surface area contributed by atoms with Crippen molar-refractivity contribution in [1.82, 2.24) is 14.3 Å². The summed E-state index contributed by atoms with van der Waals surface area (Å²) in [6, 6.07) is 7.88. The number of nitrogens with two attached hydrogens (primary N) is 1. The molecule has 9 heteroatoms. The normalized spacial score (nSPS) is 14.6. The lowest BCUT2D eigenvalue weighted by Gasteiger charge is -2.35. The molecule has 1 aliphatic heterocycles. The van der Waals surface area contributed by atoms with Gasteiger partial charge in [-0.15, -0.1) is 12.4 Å². The van der Waals surface area contributed by atoms with Crippen molar-refractivity contribution in [2.75, 3.05) is 58.4 Å². The number of hydrogen-bond acceptors (Lipinski definition) is 6. The zero-order valence-electron chi connectivity index (χ0n) is 17.2. The van der Waals surface area contributed by atoms with Gasteiger partial charge in [-0.2, -0.15) is 0 Å². The molecule has 0 atom stereocenters. The van der Waals surface area contributed by atoms with E-state index >= 15 is 0 Å². The van der Waals surface area contributed by atoms with Crippen LogP contribution in [-0.2, 0) is 0 Å². The fourth-order valence-electron chi connectivity index (χ4n) is 3.77. The maximum Gasteiger partial charge on any atom is 0.141 e. The number of piperazine rings is 1. The van der Waals surface area contributed by atoms with Gasteiger partial charge in [-0.1, -0.05) is 11.6 Å². The Morgan fingerprint density at radius 1 is 1.07 bits per heavy atom. The third kappa shape index (κ3) is 4.44. The first-order valence-corrected chi connectivity index (χ1v) is 10.1. The van der Waals surface area contributed by atoms with E-state index in [1.54, 1.807) is 20.3 Å². The molecule has 1 fully saturated rings. The number of ether oxygens (including phenoxy) is 2. The highest BCUT2D eigenvalue weighted by Crippen LogP contribution is 2.38. The van der Waals surface area contributed by atoms with Crippen LogP contribution in [-0.4, -0.2) is 67.8 Å². The number of benzene rings is 1. The van der Waals surface area contributed by atoms with Crippen molar-refractivity contribution in [2.45, 2.75) is 0 Å². The summed E-state index contributed by atoms with van der Waals surface area (Å²) in [4.78, 5) is 9.62. The van der Waals surface area contributed by atoms with E-state index in [2.05, 4.69) is 21.9 Å². The van der Waals surface area contributed by atoms with Gasteiger partial charge in [-0.05, 0) is 12.1 Å². The van der Waals surface area contributed by atoms with Crippen LogP contribution >= 0.6 is 24.0 Å². The number of fused-ring (bicyclic) bond motifs is 1. The third-order valence-corrected chi connectivity index (χ3v) is 5.67. The summed E-state index contributed by atoms with van der Waals surface area (Å²) in [6.45, 7) is 5.72. The summed E-state index contributed by atoms with van der Waals surface area (Å²) in [6.07, 6.45) is 4.03. The summed E-state index contributed by atoms with van der Waals surface area (Å²) in [5.41, 5.74) is 9.38. The maximum absolute atomic E-state index is 6.33. The molecule has 1 aliphatic rings. The van der Waals surface area contributed by atoms with Gasteiger partial charge in [0, 0.05) is 75.0 Å². The van der Waals surface area contributed by atoms with Crippen molar-refractivity contribution in [2.24, 2.45) is 5.73 Å². The van der Waals surface area contributed by atoms with Crippen LogP contribution in [0.3, 0.4) is 0 Å². The lowest BCUT2D eigenvalue weighted by molar-refractivity contribution is 0.265. The van der Waals surface area contributed by atoms with Crippen LogP contribution in [0.15, 0.2) is 36.7 Å². The summed E-state index contributed by atoms with van der Waals surface area (Å²) in [5, 5.41) is 0.524. The van der Waals surface area contributed by atoms with Crippen LogP contribution in [0.25, 0.3) is 16.9 Å². The van der Waals surface area contributed by atoms with Gasteiger partial charge in [-0.3, -0.25) is 4.90 Å². The van der Waals surface area contributed by atoms with E-state index in [0.717, 1.165) is 49.6 Å². The van der Waals surface area contributed by atoms with Crippen LogP contribution in [0.1, 0.15) is 0 Å². The number of anilines is 1. The molecule has 0 spiro atoms. The second-order valence-corrected chi connectivity index (χ2v) is 7.49. The lowest BCUT2D eigenvalue weighted by atomic mass is 10.1. The number of imidazole rings is 1. The summed E-state index contributed by atoms with van der Waals surface area (Å²) < 4.78 is 12.8. The Labute approximate surface area is 187 Å². The molecule has 0 aliphatic carbocycles. The van der Waals surface area contributed by atoms with Crippen LogP contribution < -0.4 is 20.1 Å². The van der Waals surface area contributed by atoms with E-state index in [9.17, 15) is 0 Å². The average Bonchev–Trinajstić information content (AvgIpc) is 3.17. The highest BCUT2D eigenvalue weighted by atomic mass is 35.5. The SMILES string of the molecule is COc1cc(OC)c(-c2cn3ccc(N4CCN(CCN)CC4)cc3n2)cc1Cl.Cl. The van der Waals surface area contributed by atoms with E-state index in [1.807, 2.05) is 22.9 Å². The fraction of sp³-hybridized carbons (Fsp3) is 0.381. The van der Waals surface area contributed by atoms with E-state index in [1.165, 1.54) is 5.69 Å². The van der Waals surface area contributed by atoms with Gasteiger partial charge in [0.1, 0.15) is 17.1 Å². The maximum atomic E-state index is 6.33. The molecule has 0 amide bonds. The standard InChI is InChI=1S/C21H26ClN5O2.ClH/c1-28-19-13-20(29-2)17(22)12-16(19)18-14-27-5-3-15(11-21(27)24-18)26-9-7-25(6-4-23)8-10-26;/h3,5,11-14H,4,6-10,23H2,1-2H3;1H. The number of aromatic nitrogens is 2. The number of halogens is 2. The largest absolute Gasteiger partial charge is 0.496 e. The Kier molecular flexibility index (Phi) is 7.31. The van der Waals surface area contributed by atoms with Gasteiger partial charge in [0.05, 0.1) is 24.9 Å². The second kappa shape index (κ2) is 9.75. The highest BCUT2D eigenvalue weighted by molar-refractivity contribution is 6.32. The molecule has 0 saturated carbocycles. The summed E-state index contributed by atoms with van der Waals surface area (Å²) >= 11 is 6.33. The second-order valence-electron chi connectivity index (χ2n) is 7.08. The number of pyridine rings is 1. The molecule has 7 nitrogen and oxygen atoms in total. The molecule has 3 aromatic rings. The van der Waals surface area contributed by atoms with Crippen LogP contribution in [0.5, 0.6) is 11.5 Å². The monoisotopic (exact) mass is 451 g/mol. The zero-order chi connectivity index (χ0) is 20.4. The molecule has 2 aromatic heterocycles. The molecule has 2 N–H and O–H groups in total. The average molecular weight is 452 g/mol. The van der Waals surface area contributed by atoms with Crippen molar-refractivity contribution >= 4 is 35.3 Å². The van der Waals surface area contributed by atoms with Gasteiger partial charge < -0.3 is 24.5 Å².